The van der Waals surface area contributed by atoms with E-state index in [1.807, 2.05) is 20.8 Å². The average Bonchev–Trinajstić information content (AvgIpc) is 2.40. The van der Waals surface area contributed by atoms with Crippen molar-refractivity contribution < 1.29 is 12.8 Å². The van der Waals surface area contributed by atoms with Gasteiger partial charge >= 0.3 is 0 Å². The van der Waals surface area contributed by atoms with Gasteiger partial charge in [-0.25, -0.2) is 12.8 Å². The fraction of sp³-hybridized carbons (Fsp3) is 0.684. The zero-order chi connectivity index (χ0) is 19.6. The Labute approximate surface area is 153 Å². The summed E-state index contributed by atoms with van der Waals surface area (Å²) in [5.74, 6) is -0.278. The quantitative estimate of drug-likeness (QED) is 0.754. The Morgan fingerprint density at radius 3 is 1.84 bits per heavy atom. The number of hydrogen-bond acceptors (Lipinski definition) is 3. The van der Waals surface area contributed by atoms with Gasteiger partial charge in [0.15, 0.2) is 0 Å². The molecule has 1 unspecified atom stereocenters. The van der Waals surface area contributed by atoms with Gasteiger partial charge in [-0.2, -0.15) is 4.31 Å². The van der Waals surface area contributed by atoms with E-state index in [1.165, 1.54) is 22.7 Å². The first kappa shape index (κ1) is 21.9. The summed E-state index contributed by atoms with van der Waals surface area (Å²) in [4.78, 5) is 2.16. The largest absolute Gasteiger partial charge is 0.367 e. The van der Waals surface area contributed by atoms with Crippen LogP contribution in [0.1, 0.15) is 48.5 Å². The normalized spacial score (nSPS) is 14.6. The van der Waals surface area contributed by atoms with E-state index in [0.717, 1.165) is 5.69 Å². The van der Waals surface area contributed by atoms with E-state index in [-0.39, 0.29) is 17.3 Å². The standard InChI is InChI=1S/C19H33FN2O2S/c1-15(18(2,3)4)21(17-11-9-16(20)10-12-17)13-14-22(19(5,6)7)25(8,23)24/h9-12,15H,13-14H2,1-8H3. The Hall–Kier alpha value is -1.14. The van der Waals surface area contributed by atoms with Crippen molar-refractivity contribution in [3.63, 3.8) is 0 Å². The van der Waals surface area contributed by atoms with Crippen LogP contribution in [0, 0.1) is 11.2 Å². The molecule has 25 heavy (non-hydrogen) atoms. The van der Waals surface area contributed by atoms with Crippen molar-refractivity contribution in [3.05, 3.63) is 30.1 Å². The highest BCUT2D eigenvalue weighted by Crippen LogP contribution is 2.29. The third-order valence-corrected chi connectivity index (χ3v) is 6.10. The van der Waals surface area contributed by atoms with Crippen LogP contribution in [0.25, 0.3) is 0 Å². The Kier molecular flexibility index (Phi) is 6.68. The van der Waals surface area contributed by atoms with Gasteiger partial charge in [-0.15, -0.1) is 0 Å². The molecule has 6 heteroatoms. The number of benzene rings is 1. The molecule has 0 aliphatic carbocycles. The molecule has 0 heterocycles. The highest BCUT2D eigenvalue weighted by atomic mass is 32.2. The first-order chi connectivity index (χ1) is 11.1. The summed E-state index contributed by atoms with van der Waals surface area (Å²) >= 11 is 0. The van der Waals surface area contributed by atoms with E-state index in [9.17, 15) is 12.8 Å². The summed E-state index contributed by atoms with van der Waals surface area (Å²) in [5, 5.41) is 0. The van der Waals surface area contributed by atoms with Crippen LogP contribution in [0.2, 0.25) is 0 Å². The number of rotatable bonds is 6. The van der Waals surface area contributed by atoms with Crippen LogP contribution in [0.5, 0.6) is 0 Å². The minimum absolute atomic E-state index is 0.00790. The molecule has 1 aromatic rings. The SMILES string of the molecule is CC(N(CCN(C(C)(C)C)S(C)(=O)=O)c1ccc(F)cc1)C(C)(C)C. The van der Waals surface area contributed by atoms with Crippen LogP contribution in [-0.2, 0) is 10.0 Å². The lowest BCUT2D eigenvalue weighted by atomic mass is 9.86. The molecule has 0 amide bonds. The molecule has 0 spiro atoms. The maximum absolute atomic E-state index is 13.3. The van der Waals surface area contributed by atoms with E-state index in [1.54, 1.807) is 12.1 Å². The van der Waals surface area contributed by atoms with Crippen LogP contribution in [0.3, 0.4) is 0 Å². The maximum Gasteiger partial charge on any atom is 0.211 e. The second-order valence-corrected chi connectivity index (χ2v) is 10.6. The number of sulfonamides is 1. The van der Waals surface area contributed by atoms with E-state index in [4.69, 9.17) is 0 Å². The van der Waals surface area contributed by atoms with Crippen molar-refractivity contribution in [3.8, 4) is 0 Å². The van der Waals surface area contributed by atoms with Crippen LogP contribution in [0.15, 0.2) is 24.3 Å². The van der Waals surface area contributed by atoms with E-state index >= 15 is 0 Å². The molecule has 0 N–H and O–H groups in total. The number of anilines is 1. The fourth-order valence-electron chi connectivity index (χ4n) is 2.84. The van der Waals surface area contributed by atoms with Gasteiger partial charge in [-0.3, -0.25) is 0 Å². The van der Waals surface area contributed by atoms with Crippen molar-refractivity contribution in [2.45, 2.75) is 60.0 Å². The Balaban J connectivity index is 3.15. The molecule has 0 radical (unpaired) electrons. The summed E-state index contributed by atoms with van der Waals surface area (Å²) in [6, 6.07) is 6.53. The Morgan fingerprint density at radius 2 is 1.48 bits per heavy atom. The molecule has 4 nitrogen and oxygen atoms in total. The highest BCUT2D eigenvalue weighted by molar-refractivity contribution is 7.88. The van der Waals surface area contributed by atoms with Crippen molar-refractivity contribution in [2.24, 2.45) is 5.41 Å². The smallest absolute Gasteiger partial charge is 0.211 e. The van der Waals surface area contributed by atoms with Crippen molar-refractivity contribution in [1.29, 1.82) is 0 Å². The number of halogens is 1. The molecule has 0 aliphatic rings. The first-order valence-corrected chi connectivity index (χ1v) is 10.5. The minimum atomic E-state index is -3.32. The summed E-state index contributed by atoms with van der Waals surface area (Å²) in [5.41, 5.74) is 0.394. The van der Waals surface area contributed by atoms with Gasteiger partial charge in [0.2, 0.25) is 10.0 Å². The second kappa shape index (κ2) is 7.62. The predicted octanol–water partition coefficient (Wildman–Crippen LogP) is 4.13. The highest BCUT2D eigenvalue weighted by Gasteiger charge is 2.32. The van der Waals surface area contributed by atoms with Crippen LogP contribution < -0.4 is 4.90 Å². The number of hydrogen-bond donors (Lipinski definition) is 0. The maximum atomic E-state index is 13.3. The van der Waals surface area contributed by atoms with E-state index < -0.39 is 15.6 Å². The summed E-state index contributed by atoms with van der Waals surface area (Å²) in [6.45, 7) is 15.1. The Morgan fingerprint density at radius 1 is 1.00 bits per heavy atom. The van der Waals surface area contributed by atoms with Gasteiger partial charge in [0.25, 0.3) is 0 Å². The molecule has 0 bridgehead atoms. The van der Waals surface area contributed by atoms with Gasteiger partial charge in [0, 0.05) is 30.4 Å². The molecule has 1 aromatic carbocycles. The van der Waals surface area contributed by atoms with Gasteiger partial charge < -0.3 is 4.90 Å². The lowest BCUT2D eigenvalue weighted by Gasteiger charge is -2.42. The molecular weight excluding hydrogens is 339 g/mol. The van der Waals surface area contributed by atoms with E-state index in [0.29, 0.717) is 13.1 Å². The van der Waals surface area contributed by atoms with E-state index in [2.05, 4.69) is 32.6 Å². The van der Waals surface area contributed by atoms with Crippen molar-refractivity contribution >= 4 is 15.7 Å². The topological polar surface area (TPSA) is 40.6 Å². The van der Waals surface area contributed by atoms with Gasteiger partial charge in [-0.05, 0) is 57.4 Å². The van der Waals surface area contributed by atoms with Crippen molar-refractivity contribution in [2.75, 3.05) is 24.2 Å². The summed E-state index contributed by atoms with van der Waals surface area (Å²) in [7, 11) is -3.32. The third-order valence-electron chi connectivity index (χ3n) is 4.57. The monoisotopic (exact) mass is 372 g/mol. The molecule has 0 fully saturated rings. The van der Waals surface area contributed by atoms with Crippen molar-refractivity contribution in [1.82, 2.24) is 4.31 Å². The molecule has 1 atom stereocenters. The molecule has 0 aromatic heterocycles. The van der Waals surface area contributed by atoms with Gasteiger partial charge in [0.05, 0.1) is 6.26 Å². The van der Waals surface area contributed by atoms with Crippen LogP contribution in [-0.4, -0.2) is 43.6 Å². The summed E-state index contributed by atoms with van der Waals surface area (Å²) < 4.78 is 39.2. The zero-order valence-corrected chi connectivity index (χ0v) is 17.6. The van der Waals surface area contributed by atoms with Gasteiger partial charge in [-0.1, -0.05) is 20.8 Å². The fourth-order valence-corrected chi connectivity index (χ4v) is 4.25. The third kappa shape index (κ3) is 6.26. The lowest BCUT2D eigenvalue weighted by Crippen LogP contribution is -2.51. The molecule has 0 saturated heterocycles. The molecular formula is C19H33FN2O2S. The molecule has 0 saturated carbocycles. The van der Waals surface area contributed by atoms with Crippen LogP contribution in [0.4, 0.5) is 10.1 Å². The molecule has 1 rings (SSSR count). The van der Waals surface area contributed by atoms with Crippen LogP contribution >= 0.6 is 0 Å². The summed E-state index contributed by atoms with van der Waals surface area (Å²) in [6.07, 6.45) is 1.24. The first-order valence-electron chi connectivity index (χ1n) is 8.64. The lowest BCUT2D eigenvalue weighted by molar-refractivity contribution is 0.246. The number of nitrogens with zero attached hydrogens (tertiary/aromatic N) is 2. The van der Waals surface area contributed by atoms with Gasteiger partial charge in [0.1, 0.15) is 5.82 Å². The minimum Gasteiger partial charge on any atom is -0.367 e. The predicted molar refractivity (Wildman–Crippen MR) is 104 cm³/mol. The average molecular weight is 373 g/mol. The second-order valence-electron chi connectivity index (χ2n) is 8.72. The molecule has 144 valence electrons. The molecule has 0 aliphatic heterocycles. The Bertz CT molecular complexity index is 658. The zero-order valence-electron chi connectivity index (χ0n) is 16.8.